The van der Waals surface area contributed by atoms with E-state index in [0.29, 0.717) is 55.4 Å². The van der Waals surface area contributed by atoms with E-state index in [1.165, 1.54) is 32.1 Å². The average Bonchev–Trinajstić information content (AvgIpc) is 0.971. The van der Waals surface area contributed by atoms with E-state index >= 15 is 0 Å². The van der Waals surface area contributed by atoms with E-state index in [2.05, 4.69) is 279 Å². The lowest BCUT2D eigenvalue weighted by Gasteiger charge is -2.56. The number of rotatable bonds is 15. The lowest BCUT2D eigenvalue weighted by molar-refractivity contribution is -0.127. The first-order chi connectivity index (χ1) is 44.7. The number of amides is 1. The normalized spacial score (nSPS) is 22.4. The summed E-state index contributed by atoms with van der Waals surface area (Å²) in [5.41, 5.74) is 9.78. The van der Waals surface area contributed by atoms with Gasteiger partial charge < -0.3 is 39.2 Å². The quantitative estimate of drug-likeness (QED) is 0.119. The number of nitrogens with zero attached hydrogens (tertiary/aromatic N) is 8. The van der Waals surface area contributed by atoms with Gasteiger partial charge in [0.25, 0.3) is 0 Å². The number of carbonyl (C=O) groups is 1. The first-order valence-electron chi connectivity index (χ1n) is 37.7. The summed E-state index contributed by atoms with van der Waals surface area (Å²) in [5.74, 6) is 5.00. The number of hydrogen-bond acceptors (Lipinski definition) is 8. The third-order valence-electron chi connectivity index (χ3n) is 23.3. The maximum atomic E-state index is 12.0. The van der Waals surface area contributed by atoms with Crippen LogP contribution in [0.5, 0.6) is 0 Å². The maximum absolute atomic E-state index is 12.0. The Morgan fingerprint density at radius 2 is 0.745 bits per heavy atom. The molecule has 7 fully saturated rings. The second kappa shape index (κ2) is 38.8. The number of likely N-dealkylation sites (tertiary alicyclic amines) is 7. The topological polar surface area (TPSA) is 43.0 Å². The van der Waals surface area contributed by atoms with E-state index in [1.807, 2.05) is 61.5 Å². The summed E-state index contributed by atoms with van der Waals surface area (Å²) in [5, 5.41) is 0. The number of carbonyl (C=O) groups excluding carboxylic acids is 1. The van der Waals surface area contributed by atoms with E-state index in [1.54, 1.807) is 6.08 Å². The molecule has 0 aliphatic carbocycles. The fourth-order valence-corrected chi connectivity index (χ4v) is 14.1. The predicted molar refractivity (Wildman–Crippen MR) is 436 cm³/mol. The van der Waals surface area contributed by atoms with Crippen molar-refractivity contribution in [2.24, 2.45) is 78.8 Å². The Hall–Kier alpha value is -5.15. The molecule has 7 heterocycles. The van der Waals surface area contributed by atoms with Crippen LogP contribution < -0.4 is 0 Å². The molecule has 7 rings (SSSR count). The van der Waals surface area contributed by atoms with Gasteiger partial charge in [-0.2, -0.15) is 0 Å². The van der Waals surface area contributed by atoms with Crippen LogP contribution >= 0.6 is 0 Å². The number of hydrogen-bond donors (Lipinski definition) is 0. The molecule has 0 aromatic rings. The van der Waals surface area contributed by atoms with Gasteiger partial charge in [-0.05, 0) is 177 Å². The van der Waals surface area contributed by atoms with E-state index in [0.717, 1.165) is 168 Å². The molecule has 0 spiro atoms. The van der Waals surface area contributed by atoms with Gasteiger partial charge in [-0.15, -0.1) is 0 Å². The Labute approximate surface area is 609 Å². The highest BCUT2D eigenvalue weighted by Gasteiger charge is 2.47. The molecule has 0 saturated carbocycles. The molecule has 98 heavy (non-hydrogen) atoms. The fourth-order valence-electron chi connectivity index (χ4n) is 14.1. The van der Waals surface area contributed by atoms with Crippen LogP contribution in [0.2, 0.25) is 0 Å². The molecule has 9 nitrogen and oxygen atoms in total. The van der Waals surface area contributed by atoms with Crippen LogP contribution in [0.4, 0.5) is 0 Å². The summed E-state index contributed by atoms with van der Waals surface area (Å²) < 4.78 is 0. The minimum absolute atomic E-state index is 0.171. The molecule has 0 aromatic heterocycles. The molecule has 560 valence electrons. The Kier molecular flexibility index (Phi) is 35.9. The Balaban J connectivity index is 0.000000574. The van der Waals surface area contributed by atoms with Crippen molar-refractivity contribution in [2.45, 2.75) is 223 Å². The summed E-state index contributed by atoms with van der Waals surface area (Å²) in [7, 11) is 4.01. The second-order valence-corrected chi connectivity index (χ2v) is 37.9. The molecule has 7 saturated heterocycles. The van der Waals surface area contributed by atoms with Crippen molar-refractivity contribution >= 4 is 5.91 Å². The van der Waals surface area contributed by atoms with Crippen molar-refractivity contribution in [3.63, 3.8) is 0 Å². The van der Waals surface area contributed by atoms with Gasteiger partial charge in [0, 0.05) is 149 Å². The van der Waals surface area contributed by atoms with Crippen LogP contribution in [0.15, 0.2) is 162 Å². The summed E-state index contributed by atoms with van der Waals surface area (Å²) >= 11 is 0. The molecule has 7 aliphatic heterocycles. The zero-order chi connectivity index (χ0) is 76.1. The largest absolute Gasteiger partial charge is 0.372 e. The van der Waals surface area contributed by atoms with Crippen molar-refractivity contribution < 1.29 is 4.79 Å². The maximum Gasteiger partial charge on any atom is 0.246 e. The van der Waals surface area contributed by atoms with Crippen molar-refractivity contribution in [3.05, 3.63) is 162 Å². The molecule has 1 amide bonds. The fraction of sp³-hybridized carbons (Fsp3) is 0.697. The third-order valence-corrected chi connectivity index (χ3v) is 23.3. The Morgan fingerprint density at radius 1 is 0.408 bits per heavy atom. The van der Waals surface area contributed by atoms with Crippen LogP contribution in [-0.4, -0.2) is 156 Å². The molecular formula is C89H158N8O. The van der Waals surface area contributed by atoms with Crippen LogP contribution in [0, 0.1) is 78.8 Å². The van der Waals surface area contributed by atoms with E-state index in [9.17, 15) is 4.79 Å². The number of piperidine rings is 3. The minimum atomic E-state index is 0.171. The van der Waals surface area contributed by atoms with Gasteiger partial charge in [-0.1, -0.05) is 237 Å². The SMILES string of the molecule is C=CC(=C)N1CC(C(C)(C)C)C1.C=CC(=C)N1CC(C(C)(C)C)C1C.C=CC(=C)N1CC(C)(C(C)(C)C)C1.C=CC(=C)N1CCC(C(C)(C)C)C1.C=CC(=C)N1CCC(C(C)(C)C)CC1.C=CC(=C)N1CCC(C(C)(C)C)CC1C.CN(C)C/C=C/C(=O)N1CCC(C(C)(C)C)CC1. The van der Waals surface area contributed by atoms with Crippen molar-refractivity contribution in [1.29, 1.82) is 0 Å². The number of likely N-dealkylation sites (N-methyl/N-ethyl adjacent to an activating group) is 1. The predicted octanol–water partition coefficient (Wildman–Crippen LogP) is 21.5. The van der Waals surface area contributed by atoms with Gasteiger partial charge >= 0.3 is 0 Å². The lowest BCUT2D eigenvalue weighted by Crippen LogP contribution is -2.59. The van der Waals surface area contributed by atoms with Gasteiger partial charge in [0.1, 0.15) is 0 Å². The molecule has 7 aliphatic rings. The highest BCUT2D eigenvalue weighted by atomic mass is 16.2. The first kappa shape index (κ1) is 90.9. The zero-order valence-corrected chi connectivity index (χ0v) is 69.4. The summed E-state index contributed by atoms with van der Waals surface area (Å²) in [6.45, 7) is 116. The van der Waals surface area contributed by atoms with Gasteiger partial charge in [-0.3, -0.25) is 4.79 Å². The highest BCUT2D eigenvalue weighted by Crippen LogP contribution is 2.47. The van der Waals surface area contributed by atoms with E-state index in [-0.39, 0.29) is 5.91 Å². The Bertz CT molecular complexity index is 2590. The van der Waals surface area contributed by atoms with Crippen molar-refractivity contribution in [3.8, 4) is 0 Å². The van der Waals surface area contributed by atoms with Gasteiger partial charge in [-0.25, -0.2) is 0 Å². The van der Waals surface area contributed by atoms with E-state index in [4.69, 9.17) is 0 Å². The van der Waals surface area contributed by atoms with Gasteiger partial charge in [0.2, 0.25) is 5.91 Å². The molecule has 5 unspecified atom stereocenters. The van der Waals surface area contributed by atoms with Crippen molar-refractivity contribution in [2.75, 3.05) is 99.2 Å². The molecular weight excluding hydrogens is 1200 g/mol. The standard InChI is InChI=1S/C15H28N2O.C14H25N.C13H23N.3C12H21N.C11H19N/c1-15(2,3)13-8-11-17(12-9-13)14(18)7-6-10-16(4)5;1-7-11(2)15-9-8-13(10-12(15)3)14(4,5)6;1-6-11(2)14-9-7-12(8-10-14)13(3,4)5;1-7-10(2)13-8-12(6,9-13)11(3,4)5;1-7-9(2)13-8-11(10(13)3)12(4,5)6;1-6-10(2)13-8-7-11(9-13)12(3,4)5;1-6-9(2)12-7-10(8-12)11(3,4)5/h6-7,13H,8-12H2,1-5H3;7,12-13H,1-2,8-10H2,3-6H3;6,12H,1-2,7-10H2,3-5H3;7H,1-2,8-9H2,3-6H3;7,10-11H,1-2,8H2,3-6H3;6,11H,1-2,7-9H2,3-5H3;6,10H,1-2,7-8H2,3-5H3/b7-6+;;;;;;. The third kappa shape index (κ3) is 29.4. The molecule has 0 radical (unpaired) electrons. The molecule has 0 aromatic carbocycles. The molecule has 5 atom stereocenters. The van der Waals surface area contributed by atoms with E-state index < -0.39 is 0 Å². The van der Waals surface area contributed by atoms with Gasteiger partial charge in [0.15, 0.2) is 0 Å². The number of allylic oxidation sites excluding steroid dienone is 6. The zero-order valence-electron chi connectivity index (χ0n) is 69.4. The lowest BCUT2D eigenvalue weighted by atomic mass is 9.63. The minimum Gasteiger partial charge on any atom is -0.372 e. The van der Waals surface area contributed by atoms with Crippen molar-refractivity contribution in [1.82, 2.24) is 39.2 Å². The summed E-state index contributed by atoms with van der Waals surface area (Å²) in [4.78, 5) is 29.9. The molecule has 0 bridgehead atoms. The summed E-state index contributed by atoms with van der Waals surface area (Å²) in [6.07, 6.45) is 23.4. The average molecular weight is 1360 g/mol. The first-order valence-corrected chi connectivity index (χ1v) is 37.7. The van der Waals surface area contributed by atoms with Crippen LogP contribution in [-0.2, 0) is 4.79 Å². The van der Waals surface area contributed by atoms with Gasteiger partial charge in [0.05, 0.1) is 0 Å². The monoisotopic (exact) mass is 1360 g/mol. The molecule has 9 heteroatoms. The highest BCUT2D eigenvalue weighted by molar-refractivity contribution is 5.87. The second-order valence-electron chi connectivity index (χ2n) is 37.9. The van der Waals surface area contributed by atoms with Crippen LogP contribution in [0.25, 0.3) is 0 Å². The smallest absolute Gasteiger partial charge is 0.246 e. The Morgan fingerprint density at radius 3 is 1.09 bits per heavy atom. The van der Waals surface area contributed by atoms with Crippen LogP contribution in [0.3, 0.4) is 0 Å². The van der Waals surface area contributed by atoms with Crippen LogP contribution in [0.1, 0.15) is 211 Å². The summed E-state index contributed by atoms with van der Waals surface area (Å²) in [6, 6.07) is 1.22. The molecule has 0 N–H and O–H groups in total.